The fourth-order valence-electron chi connectivity index (χ4n) is 7.02. The van der Waals surface area contributed by atoms with Gasteiger partial charge >= 0.3 is 0 Å². The van der Waals surface area contributed by atoms with E-state index in [1.165, 1.54) is 59.4 Å². The van der Waals surface area contributed by atoms with Crippen LogP contribution in [0.4, 0.5) is 5.82 Å². The molecule has 2 aromatic carbocycles. The van der Waals surface area contributed by atoms with Crippen molar-refractivity contribution >= 4 is 87.5 Å². The van der Waals surface area contributed by atoms with Gasteiger partial charge in [-0.3, -0.25) is 18.8 Å². The van der Waals surface area contributed by atoms with Crippen molar-refractivity contribution < 1.29 is 0 Å². The minimum Gasteiger partial charge on any atom is -0.367 e. The zero-order chi connectivity index (χ0) is 36.9. The molecule has 6 heterocycles. The predicted molar refractivity (Wildman–Crippen MR) is 229 cm³/mol. The molecule has 0 spiro atoms. The molecule has 2 aliphatic carbocycles. The molecule has 0 amide bonds. The number of anilines is 1. The molecule has 4 aliphatic rings. The second-order valence-corrected chi connectivity index (χ2v) is 17.2. The van der Waals surface area contributed by atoms with E-state index in [9.17, 15) is 0 Å². The summed E-state index contributed by atoms with van der Waals surface area (Å²) in [5, 5.41) is 3.41. The summed E-state index contributed by atoms with van der Waals surface area (Å²) in [5.74, 6) is 2.83. The number of rotatable bonds is 9. The summed E-state index contributed by atoms with van der Waals surface area (Å²) >= 11 is 10.5. The van der Waals surface area contributed by atoms with Gasteiger partial charge in [0.15, 0.2) is 21.7 Å². The number of nitrogens with one attached hydrogen (secondary N) is 1. The highest BCUT2D eigenvalue weighted by Gasteiger charge is 2.30. The molecule has 6 aromatic rings. The van der Waals surface area contributed by atoms with E-state index in [1.54, 1.807) is 0 Å². The molecule has 2 fully saturated rings. The maximum absolute atomic E-state index is 4.64. The molecule has 0 unspecified atom stereocenters. The Balaban J connectivity index is 0.000000144. The second kappa shape index (κ2) is 14.8. The fourth-order valence-corrected chi connectivity index (χ4v) is 8.51. The average molecular weight is 909 g/mol. The van der Waals surface area contributed by atoms with E-state index >= 15 is 0 Å². The van der Waals surface area contributed by atoms with Crippen LogP contribution in [0.1, 0.15) is 63.5 Å². The summed E-state index contributed by atoms with van der Waals surface area (Å²) in [7, 11) is 0. The Labute approximate surface area is 339 Å². The molecular weight excluding hydrogens is 870 g/mol. The van der Waals surface area contributed by atoms with Crippen molar-refractivity contribution in [1.82, 2.24) is 28.7 Å². The van der Waals surface area contributed by atoms with Crippen molar-refractivity contribution in [1.29, 1.82) is 0 Å². The second-order valence-electron chi connectivity index (χ2n) is 14.8. The first kappa shape index (κ1) is 35.4. The molecule has 9 nitrogen and oxygen atoms in total. The topological polar surface area (TPSA) is 97.1 Å². The summed E-state index contributed by atoms with van der Waals surface area (Å²) in [5.41, 5.74) is 13.9. The molecule has 54 heavy (non-hydrogen) atoms. The van der Waals surface area contributed by atoms with Crippen LogP contribution in [0.2, 0.25) is 0 Å². The molecule has 2 saturated carbocycles. The Bertz CT molecular complexity index is 2520. The van der Waals surface area contributed by atoms with Crippen molar-refractivity contribution in [2.24, 2.45) is 27.7 Å². The summed E-state index contributed by atoms with van der Waals surface area (Å²) < 4.78 is 6.42. The van der Waals surface area contributed by atoms with E-state index in [1.807, 2.05) is 41.6 Å². The number of imidazole rings is 2. The van der Waals surface area contributed by atoms with E-state index < -0.39 is 0 Å². The van der Waals surface area contributed by atoms with Crippen LogP contribution in [0.15, 0.2) is 110 Å². The van der Waals surface area contributed by atoms with Crippen LogP contribution < -0.4 is 5.32 Å². The maximum Gasteiger partial charge on any atom is 0.180 e. The van der Waals surface area contributed by atoms with Crippen LogP contribution >= 0.6 is 47.8 Å². The summed E-state index contributed by atoms with van der Waals surface area (Å²) in [6.07, 6.45) is 19.1. The van der Waals surface area contributed by atoms with Gasteiger partial charge in [0.2, 0.25) is 0 Å². The van der Waals surface area contributed by atoms with Gasteiger partial charge in [0.1, 0.15) is 9.21 Å². The van der Waals surface area contributed by atoms with Gasteiger partial charge < -0.3 is 5.32 Å². The Kier molecular flexibility index (Phi) is 9.69. The molecule has 1 N–H and O–H groups in total. The molecule has 0 atom stereocenters. The monoisotopic (exact) mass is 905 g/mol. The Morgan fingerprint density at radius 1 is 0.648 bits per heavy atom. The SMILES string of the molecule is Brc1cn2c(-c3ccc(C4=CN=C(C5CC5)C4)cc3)cnc2c(Br)n1.CC(C)CNc1nc(Br)cn2c(-c3ccc(C4=CN=C(C5CC5)C4)cc3)cnc12. The Morgan fingerprint density at radius 3 is 1.61 bits per heavy atom. The smallest absolute Gasteiger partial charge is 0.180 e. The third kappa shape index (κ3) is 7.40. The van der Waals surface area contributed by atoms with Crippen LogP contribution in [0, 0.1) is 17.8 Å². The maximum atomic E-state index is 4.64. The first-order valence-electron chi connectivity index (χ1n) is 18.5. The number of hydrogen-bond acceptors (Lipinski definition) is 7. The standard InChI is InChI=1S/C23H24BrN5.C19H14Br2N4/c1-14(2)10-26-22-23-27-12-20(29(23)13-21(24)28-22)17-7-3-15(4-8-17)18-9-19(25-11-18)16-5-6-16;20-17-10-25-16(9-23-19(25)18(21)24-17)13-5-1-11(2-6-13)14-7-15(22-8-14)12-3-4-12/h3-4,7-8,11-14,16H,5-6,9-10H2,1-2H3,(H,26,28);1-2,5-6,8-10,12H,3-4,7H2. The zero-order valence-corrected chi connectivity index (χ0v) is 34.7. The highest BCUT2D eigenvalue weighted by atomic mass is 79.9. The number of halogens is 3. The Hall–Kier alpha value is -4.26. The van der Waals surface area contributed by atoms with Crippen LogP contribution in [0.3, 0.4) is 0 Å². The Morgan fingerprint density at radius 2 is 1.11 bits per heavy atom. The zero-order valence-electron chi connectivity index (χ0n) is 30.0. The van der Waals surface area contributed by atoms with Crippen molar-refractivity contribution in [3.63, 3.8) is 0 Å². The van der Waals surface area contributed by atoms with Crippen molar-refractivity contribution in [2.45, 2.75) is 52.4 Å². The van der Waals surface area contributed by atoms with Crippen LogP contribution in [-0.4, -0.2) is 46.7 Å². The van der Waals surface area contributed by atoms with E-state index in [2.05, 4.69) is 150 Å². The number of nitrogens with zero attached hydrogens (tertiary/aromatic N) is 8. The molecule has 0 saturated heterocycles. The summed E-state index contributed by atoms with van der Waals surface area (Å²) in [4.78, 5) is 27.3. The first-order valence-corrected chi connectivity index (χ1v) is 20.8. The van der Waals surface area contributed by atoms with Crippen LogP contribution in [-0.2, 0) is 0 Å². The van der Waals surface area contributed by atoms with E-state index in [-0.39, 0.29) is 0 Å². The van der Waals surface area contributed by atoms with Gasteiger partial charge in [-0.2, -0.15) is 0 Å². The van der Waals surface area contributed by atoms with Gasteiger partial charge in [0.25, 0.3) is 0 Å². The summed E-state index contributed by atoms with van der Waals surface area (Å²) in [6.45, 7) is 5.22. The summed E-state index contributed by atoms with van der Waals surface area (Å²) in [6, 6.07) is 17.4. The quantitative estimate of drug-likeness (QED) is 0.156. The third-order valence-electron chi connectivity index (χ3n) is 10.3. The lowest BCUT2D eigenvalue weighted by molar-refractivity contribution is 0.687. The lowest BCUT2D eigenvalue weighted by Gasteiger charge is -2.11. The molecule has 2 aliphatic heterocycles. The van der Waals surface area contributed by atoms with Gasteiger partial charge in [-0.05, 0) is 113 Å². The van der Waals surface area contributed by atoms with Gasteiger partial charge in [-0.25, -0.2) is 19.9 Å². The minimum absolute atomic E-state index is 0.534. The molecule has 272 valence electrons. The molecule has 12 heteroatoms. The van der Waals surface area contributed by atoms with Crippen LogP contribution in [0.5, 0.6) is 0 Å². The first-order chi connectivity index (χ1) is 26.3. The number of fused-ring (bicyclic) bond motifs is 2. The van der Waals surface area contributed by atoms with Gasteiger partial charge in [-0.15, -0.1) is 0 Å². The van der Waals surface area contributed by atoms with E-state index in [4.69, 9.17) is 0 Å². The number of benzene rings is 2. The van der Waals surface area contributed by atoms with Crippen molar-refractivity contribution in [3.8, 4) is 22.5 Å². The van der Waals surface area contributed by atoms with Gasteiger partial charge in [0.05, 0.1) is 23.8 Å². The highest BCUT2D eigenvalue weighted by Crippen LogP contribution is 2.39. The molecule has 0 radical (unpaired) electrons. The van der Waals surface area contributed by atoms with Crippen LogP contribution in [0.25, 0.3) is 45.0 Å². The predicted octanol–water partition coefficient (Wildman–Crippen LogP) is 11.3. The number of aliphatic imine (C=N–C) groups is 2. The highest BCUT2D eigenvalue weighted by molar-refractivity contribution is 9.11. The third-order valence-corrected chi connectivity index (χ3v) is 11.6. The largest absolute Gasteiger partial charge is 0.367 e. The van der Waals surface area contributed by atoms with E-state index in [0.717, 1.165) is 84.7 Å². The molecular formula is C42H38Br3N9. The molecule has 10 rings (SSSR count). The lowest BCUT2D eigenvalue weighted by atomic mass is 9.99. The van der Waals surface area contributed by atoms with Crippen molar-refractivity contribution in [2.75, 3.05) is 11.9 Å². The molecule has 0 bridgehead atoms. The van der Waals surface area contributed by atoms with E-state index in [0.29, 0.717) is 5.92 Å². The average Bonchev–Trinajstić information content (AvgIpc) is 3.97. The number of allylic oxidation sites excluding steroid dienone is 2. The fraction of sp³-hybridized carbons (Fsp3) is 0.286. The minimum atomic E-state index is 0.534. The number of hydrogen-bond donors (Lipinski definition) is 1. The normalized spacial score (nSPS) is 16.7. The number of aromatic nitrogens is 6. The molecule has 4 aromatic heterocycles. The lowest BCUT2D eigenvalue weighted by Crippen LogP contribution is -2.10. The van der Waals surface area contributed by atoms with Crippen molar-refractivity contribution in [3.05, 3.63) is 111 Å². The van der Waals surface area contributed by atoms with Gasteiger partial charge in [-0.1, -0.05) is 62.4 Å². The van der Waals surface area contributed by atoms with Gasteiger partial charge in [0, 0.05) is 66.7 Å².